The van der Waals surface area contributed by atoms with E-state index in [9.17, 15) is 62.1 Å². The minimum atomic E-state index is -5.41. The third kappa shape index (κ3) is 11.1. The number of azo groups is 2. The van der Waals surface area contributed by atoms with Crippen molar-refractivity contribution in [3.8, 4) is 34.1 Å². The molecule has 0 spiro atoms. The summed E-state index contributed by atoms with van der Waals surface area (Å²) in [4.78, 5) is -4.73. The van der Waals surface area contributed by atoms with Crippen molar-refractivity contribution in [2.75, 3.05) is 25.7 Å². The average Bonchev–Trinajstić information content (AvgIpc) is 3.15. The number of benzene rings is 6. The van der Waals surface area contributed by atoms with Gasteiger partial charge in [-0.1, -0.05) is 24.3 Å². The van der Waals surface area contributed by atoms with Gasteiger partial charge >= 0.3 is 75.4 Å². The predicted molar refractivity (Wildman–Crippen MR) is 205 cm³/mol. The normalized spacial score (nSPS) is 12.0. The summed E-state index contributed by atoms with van der Waals surface area (Å²) in [5.41, 5.74) is 10.5. The minimum absolute atomic E-state index is 0. The molecule has 314 valence electrons. The van der Waals surface area contributed by atoms with E-state index in [-0.39, 0.29) is 110 Å². The van der Waals surface area contributed by atoms with E-state index in [1.807, 2.05) is 0 Å². The van der Waals surface area contributed by atoms with Gasteiger partial charge in [-0.3, -0.25) is 0 Å². The molecule has 6 aromatic carbocycles. The van der Waals surface area contributed by atoms with Crippen LogP contribution in [-0.4, -0.2) is 76.3 Å². The molecule has 6 aromatic rings. The van der Waals surface area contributed by atoms with Crippen molar-refractivity contribution in [3.05, 3.63) is 72.8 Å². The Morgan fingerprint density at radius 2 is 0.734 bits per heavy atom. The van der Waals surface area contributed by atoms with Crippen LogP contribution in [0.3, 0.4) is 0 Å². The first-order chi connectivity index (χ1) is 27.9. The van der Waals surface area contributed by atoms with Crippen molar-refractivity contribution in [2.45, 2.75) is 19.6 Å². The van der Waals surface area contributed by atoms with Crippen molar-refractivity contribution < 1.29 is 147 Å². The monoisotopic (exact) mass is 928 g/mol. The Hall–Kier alpha value is -4.13. The third-order valence-electron chi connectivity index (χ3n) is 8.74. The van der Waals surface area contributed by atoms with Crippen LogP contribution in [0.1, 0.15) is 0 Å². The number of nitrogens with two attached hydrogens (primary N) is 2. The van der Waals surface area contributed by atoms with Crippen molar-refractivity contribution in [1.82, 2.24) is 0 Å². The summed E-state index contributed by atoms with van der Waals surface area (Å²) in [5, 5.41) is 35.7. The van der Waals surface area contributed by atoms with E-state index >= 15 is 0 Å². The second-order valence-corrected chi connectivity index (χ2v) is 17.7. The molecule has 0 fully saturated rings. The standard InChI is InChI=1S/C34H28N6O16S4.4Li/c1-55-23-11-15(3-7-19(23)37-39-21-9-5-17-25(57(43,44)45)13-27(59(49,50)51)31(35)29(17)33(21)41)16-4-8-20(24(12-16)56-2)38-40-22-10-6-18-26(58(46,47)48)14-28(60(52,53)54)32(36)30(18)34(22)42;;;;/h3-14,41-42H,35-36H2,1-2H3,(H,43,44,45)(H,46,47,48)(H,49,50,51)(H,52,53,54);;;;/q;4*+1/p-4. The van der Waals surface area contributed by atoms with Crippen molar-refractivity contribution in [3.63, 3.8) is 0 Å². The molecule has 0 saturated carbocycles. The van der Waals surface area contributed by atoms with Crippen LogP contribution in [0.25, 0.3) is 32.7 Å². The van der Waals surface area contributed by atoms with Gasteiger partial charge in [-0.2, -0.15) is 0 Å². The molecule has 64 heavy (non-hydrogen) atoms. The maximum atomic E-state index is 11.9. The van der Waals surface area contributed by atoms with Crippen molar-refractivity contribution >= 4 is 96.1 Å². The second kappa shape index (κ2) is 20.6. The summed E-state index contributed by atoms with van der Waals surface area (Å²) in [6.45, 7) is 0. The molecule has 0 radical (unpaired) electrons. The molecule has 0 saturated heterocycles. The van der Waals surface area contributed by atoms with Crippen LogP contribution in [0.15, 0.2) is 113 Å². The molecule has 0 aliphatic carbocycles. The van der Waals surface area contributed by atoms with Gasteiger partial charge in [0.15, 0.2) is 11.5 Å². The number of methoxy groups -OCH3 is 2. The number of nitrogens with zero attached hydrogens (tertiary/aromatic N) is 4. The SMILES string of the molecule is COc1cc(-c2ccc(N=Nc3ccc4c(S(=O)(=O)[O-])cc(S(=O)(=O)[O-])c(N)c4c3O)c(OC)c2)ccc1N=Nc1ccc2c(S(=O)(=O)[O-])cc(S(=O)(=O)[O-])c(N)c2c1O.[Li+].[Li+].[Li+].[Li+]. The van der Waals surface area contributed by atoms with Crippen LogP contribution < -0.4 is 96.4 Å². The van der Waals surface area contributed by atoms with Gasteiger partial charge in [0.25, 0.3) is 0 Å². The fourth-order valence-electron chi connectivity index (χ4n) is 6.00. The number of hydrogen-bond donors (Lipinski definition) is 4. The molecule has 22 nitrogen and oxygen atoms in total. The molecule has 0 unspecified atom stereocenters. The predicted octanol–water partition coefficient (Wildman–Crippen LogP) is -7.28. The molecule has 0 aliphatic heterocycles. The first-order valence-corrected chi connectivity index (χ1v) is 21.7. The first kappa shape index (κ1) is 56.0. The van der Waals surface area contributed by atoms with E-state index in [0.29, 0.717) is 23.3 Å². The van der Waals surface area contributed by atoms with Gasteiger partial charge in [0.2, 0.25) is 0 Å². The maximum absolute atomic E-state index is 11.9. The van der Waals surface area contributed by atoms with E-state index in [1.165, 1.54) is 38.5 Å². The first-order valence-electron chi connectivity index (χ1n) is 16.1. The maximum Gasteiger partial charge on any atom is 1.00 e. The molecular weight excluding hydrogens is 904 g/mol. The number of hydrogen-bond acceptors (Lipinski definition) is 22. The second-order valence-electron chi connectivity index (χ2n) is 12.3. The number of anilines is 2. The fraction of sp³-hybridized carbons (Fsp3) is 0.0588. The topological polar surface area (TPSA) is 389 Å². The number of fused-ring (bicyclic) bond motifs is 2. The summed E-state index contributed by atoms with van der Waals surface area (Å²) >= 11 is 0. The van der Waals surface area contributed by atoms with E-state index < -0.39 is 104 Å². The Labute approximate surface area is 412 Å². The van der Waals surface area contributed by atoms with Crippen molar-refractivity contribution in [2.24, 2.45) is 20.5 Å². The molecular formula is C34H24Li4N6O16S4. The Morgan fingerprint density at radius 3 is 1.02 bits per heavy atom. The van der Waals surface area contributed by atoms with Gasteiger partial charge < -0.3 is 49.4 Å². The molecule has 0 aromatic heterocycles. The van der Waals surface area contributed by atoms with Crippen LogP contribution in [0.5, 0.6) is 23.0 Å². The molecule has 0 amide bonds. The van der Waals surface area contributed by atoms with Gasteiger partial charge in [0, 0.05) is 10.8 Å². The number of ether oxygens (including phenoxy) is 2. The van der Waals surface area contributed by atoms with Crippen molar-refractivity contribution in [1.29, 1.82) is 0 Å². The molecule has 6 N–H and O–H groups in total. The van der Waals surface area contributed by atoms with Crippen LogP contribution in [-0.2, 0) is 40.5 Å². The van der Waals surface area contributed by atoms with Crippen LogP contribution in [0, 0.1) is 0 Å². The van der Waals surface area contributed by atoms with Gasteiger partial charge in [-0.05, 0) is 59.7 Å². The van der Waals surface area contributed by atoms with Crippen LogP contribution >= 0.6 is 0 Å². The number of phenols is 2. The van der Waals surface area contributed by atoms with Crippen LogP contribution in [0.4, 0.5) is 34.1 Å². The van der Waals surface area contributed by atoms with Gasteiger partial charge in [0.05, 0.1) is 55.9 Å². The number of aromatic hydroxyl groups is 2. The Morgan fingerprint density at radius 1 is 0.453 bits per heavy atom. The molecule has 30 heteroatoms. The summed E-state index contributed by atoms with van der Waals surface area (Å²) in [7, 11) is -18.9. The molecule has 0 aliphatic rings. The Balaban J connectivity index is 0.00000352. The quantitative estimate of drug-likeness (QED) is 0.0406. The molecule has 6 rings (SSSR count). The van der Waals surface area contributed by atoms with Crippen LogP contribution in [0.2, 0.25) is 0 Å². The third-order valence-corrected chi connectivity index (χ3v) is 12.2. The van der Waals surface area contributed by atoms with Gasteiger partial charge in [0.1, 0.15) is 74.7 Å². The zero-order valence-electron chi connectivity index (χ0n) is 34.1. The largest absolute Gasteiger partial charge is 1.00 e. The minimum Gasteiger partial charge on any atom is -0.744 e. The van der Waals surface area contributed by atoms with E-state index in [1.54, 1.807) is 12.1 Å². The summed E-state index contributed by atoms with van der Waals surface area (Å²) in [5.74, 6) is -1.52. The fourth-order valence-corrected chi connectivity index (χ4v) is 8.82. The van der Waals surface area contributed by atoms with Gasteiger partial charge in [-0.15, -0.1) is 20.5 Å². The smallest absolute Gasteiger partial charge is 0.744 e. The summed E-state index contributed by atoms with van der Waals surface area (Å²) < 4.78 is 153. The molecule has 0 heterocycles. The van der Waals surface area contributed by atoms with E-state index in [0.717, 1.165) is 24.3 Å². The summed E-state index contributed by atoms with van der Waals surface area (Å²) in [6.07, 6.45) is 0. The number of rotatable bonds is 11. The van der Waals surface area contributed by atoms with E-state index in [2.05, 4.69) is 20.5 Å². The Kier molecular flexibility index (Phi) is 18.0. The number of phenolic OH excluding ortho intramolecular Hbond substituents is 2. The molecule has 0 atom stereocenters. The van der Waals surface area contributed by atoms with Gasteiger partial charge in [-0.25, -0.2) is 33.7 Å². The number of nitrogen functional groups attached to an aromatic ring is 2. The average molecular weight is 929 g/mol. The van der Waals surface area contributed by atoms with E-state index in [4.69, 9.17) is 20.9 Å². The Bertz CT molecular complexity index is 3140. The zero-order chi connectivity index (χ0) is 44.3. The zero-order valence-corrected chi connectivity index (χ0v) is 37.4. The summed E-state index contributed by atoms with van der Waals surface area (Å²) in [6, 6.07) is 13.9. The molecule has 0 bridgehead atoms.